The minimum Gasteiger partial charge on any atom is -0.497 e. The van der Waals surface area contributed by atoms with E-state index in [0.29, 0.717) is 5.75 Å². The maximum atomic E-state index is 13.9. The first kappa shape index (κ1) is 12.0. The molecule has 0 fully saturated rings. The van der Waals surface area contributed by atoms with E-state index in [1.807, 2.05) is 33.8 Å². The highest BCUT2D eigenvalue weighted by molar-refractivity contribution is 5.40. The van der Waals surface area contributed by atoms with Crippen LogP contribution in [0.15, 0.2) is 12.1 Å². The molecule has 0 aromatic heterocycles. The van der Waals surface area contributed by atoms with Crippen LogP contribution in [0.2, 0.25) is 0 Å². The van der Waals surface area contributed by atoms with Crippen LogP contribution in [0.5, 0.6) is 5.75 Å². The van der Waals surface area contributed by atoms with E-state index in [-0.39, 0.29) is 11.2 Å². The van der Waals surface area contributed by atoms with Crippen molar-refractivity contribution in [3.63, 3.8) is 0 Å². The van der Waals surface area contributed by atoms with Gasteiger partial charge in [0.15, 0.2) is 0 Å². The molecule has 0 radical (unpaired) electrons. The van der Waals surface area contributed by atoms with E-state index in [1.54, 1.807) is 7.11 Å². The molecule has 0 atom stereocenters. The maximum Gasteiger partial charge on any atom is 0.130 e. The molecular weight excluding hydrogens is 191 g/mol. The number of aryl methyl sites for hydroxylation is 1. The quantitative estimate of drug-likeness (QED) is 0.723. The maximum absolute atomic E-state index is 13.9. The predicted molar refractivity (Wildman–Crippen MR) is 61.0 cm³/mol. The summed E-state index contributed by atoms with van der Waals surface area (Å²) in [5.74, 6) is 0.427. The third kappa shape index (κ3) is 2.49. The van der Waals surface area contributed by atoms with E-state index < -0.39 is 0 Å². The number of methoxy groups -OCH3 is 1. The molecule has 0 aliphatic heterocycles. The molecule has 0 aliphatic rings. The Morgan fingerprint density at radius 3 is 2.27 bits per heavy atom. The van der Waals surface area contributed by atoms with E-state index in [4.69, 9.17) is 4.74 Å². The second kappa shape index (κ2) is 4.21. The van der Waals surface area contributed by atoms with Gasteiger partial charge in [-0.25, -0.2) is 4.39 Å². The summed E-state index contributed by atoms with van der Waals surface area (Å²) in [6.45, 7) is 8.11. The van der Waals surface area contributed by atoms with E-state index >= 15 is 0 Å². The number of hydrogen-bond acceptors (Lipinski definition) is 1. The fraction of sp³-hybridized carbons (Fsp3) is 0.538. The van der Waals surface area contributed by atoms with Gasteiger partial charge in [0.05, 0.1) is 7.11 Å². The summed E-state index contributed by atoms with van der Waals surface area (Å²) in [5, 5.41) is 0. The van der Waals surface area contributed by atoms with Crippen LogP contribution >= 0.6 is 0 Å². The van der Waals surface area contributed by atoms with Gasteiger partial charge in [0, 0.05) is 6.07 Å². The van der Waals surface area contributed by atoms with E-state index in [1.165, 1.54) is 6.07 Å². The third-order valence-electron chi connectivity index (χ3n) is 2.51. The van der Waals surface area contributed by atoms with E-state index in [2.05, 4.69) is 0 Å². The smallest absolute Gasteiger partial charge is 0.130 e. The molecule has 0 saturated carbocycles. The fourth-order valence-corrected chi connectivity index (χ4v) is 1.87. The van der Waals surface area contributed by atoms with Crippen LogP contribution < -0.4 is 4.74 Å². The van der Waals surface area contributed by atoms with E-state index in [0.717, 1.165) is 17.5 Å². The molecule has 0 aliphatic carbocycles. The molecule has 0 heterocycles. The highest BCUT2D eigenvalue weighted by Gasteiger charge is 2.22. The van der Waals surface area contributed by atoms with Crippen molar-refractivity contribution in [2.45, 2.75) is 39.5 Å². The van der Waals surface area contributed by atoms with Crippen LogP contribution in [-0.4, -0.2) is 7.11 Å². The van der Waals surface area contributed by atoms with Crippen molar-refractivity contribution in [3.8, 4) is 5.75 Å². The zero-order chi connectivity index (χ0) is 11.6. The lowest BCUT2D eigenvalue weighted by Crippen LogP contribution is -2.16. The van der Waals surface area contributed by atoms with Crippen molar-refractivity contribution in [2.75, 3.05) is 7.11 Å². The number of halogens is 1. The molecule has 1 nitrogen and oxygen atoms in total. The lowest BCUT2D eigenvalue weighted by atomic mass is 9.82. The van der Waals surface area contributed by atoms with Crippen molar-refractivity contribution < 1.29 is 9.13 Å². The lowest BCUT2D eigenvalue weighted by molar-refractivity contribution is 0.407. The summed E-state index contributed by atoms with van der Waals surface area (Å²) in [4.78, 5) is 0. The molecule has 0 N–H and O–H groups in total. The Kier molecular flexibility index (Phi) is 3.38. The van der Waals surface area contributed by atoms with Crippen molar-refractivity contribution in [3.05, 3.63) is 29.1 Å². The van der Waals surface area contributed by atoms with Crippen LogP contribution in [0.3, 0.4) is 0 Å². The first-order valence-electron chi connectivity index (χ1n) is 5.27. The first-order valence-corrected chi connectivity index (χ1v) is 5.27. The molecular formula is C13H19FO. The van der Waals surface area contributed by atoms with Gasteiger partial charge >= 0.3 is 0 Å². The fourth-order valence-electron chi connectivity index (χ4n) is 1.87. The number of hydrogen-bond donors (Lipinski definition) is 0. The summed E-state index contributed by atoms with van der Waals surface area (Å²) < 4.78 is 19.0. The molecule has 1 rings (SSSR count). The molecule has 0 spiro atoms. The largest absolute Gasteiger partial charge is 0.497 e. The molecule has 0 bridgehead atoms. The molecule has 2 heteroatoms. The number of rotatable bonds is 2. The van der Waals surface area contributed by atoms with Gasteiger partial charge in [-0.15, -0.1) is 0 Å². The van der Waals surface area contributed by atoms with Crippen molar-refractivity contribution in [2.24, 2.45) is 0 Å². The van der Waals surface area contributed by atoms with Gasteiger partial charge in [-0.1, -0.05) is 27.7 Å². The Labute approximate surface area is 91.3 Å². The van der Waals surface area contributed by atoms with Crippen LogP contribution in [0.25, 0.3) is 0 Å². The zero-order valence-corrected chi connectivity index (χ0v) is 10.1. The Bertz CT molecular complexity index is 350. The Balaban J connectivity index is 3.38. The topological polar surface area (TPSA) is 9.23 Å². The van der Waals surface area contributed by atoms with Gasteiger partial charge in [-0.3, -0.25) is 0 Å². The van der Waals surface area contributed by atoms with Crippen LogP contribution in [0, 0.1) is 5.82 Å². The molecule has 0 unspecified atom stereocenters. The molecule has 84 valence electrons. The average molecular weight is 210 g/mol. The summed E-state index contributed by atoms with van der Waals surface area (Å²) >= 11 is 0. The van der Waals surface area contributed by atoms with Crippen LogP contribution in [0.1, 0.15) is 38.8 Å². The summed E-state index contributed by atoms with van der Waals surface area (Å²) in [5.41, 5.74) is 1.66. The average Bonchev–Trinajstić information content (AvgIpc) is 2.14. The molecule has 1 aromatic carbocycles. The Hall–Kier alpha value is -1.05. The standard InChI is InChI=1S/C13H19FO/c1-6-9-7-10(15-5)8-11(14)12(9)13(2,3)4/h7-8H,6H2,1-5H3. The van der Waals surface area contributed by atoms with Gasteiger partial charge in [-0.2, -0.15) is 0 Å². The van der Waals surface area contributed by atoms with Gasteiger partial charge in [-0.05, 0) is 29.0 Å². The Morgan fingerprint density at radius 2 is 1.87 bits per heavy atom. The summed E-state index contributed by atoms with van der Waals surface area (Å²) in [6.07, 6.45) is 0.820. The minimum absolute atomic E-state index is 0.165. The number of ether oxygens (including phenoxy) is 1. The first-order chi connectivity index (χ1) is 6.90. The van der Waals surface area contributed by atoms with Crippen molar-refractivity contribution in [1.29, 1.82) is 0 Å². The molecule has 0 amide bonds. The van der Waals surface area contributed by atoms with Crippen molar-refractivity contribution >= 4 is 0 Å². The lowest BCUT2D eigenvalue weighted by Gasteiger charge is -2.23. The summed E-state index contributed by atoms with van der Waals surface area (Å²) in [7, 11) is 1.56. The monoisotopic (exact) mass is 210 g/mol. The highest BCUT2D eigenvalue weighted by Crippen LogP contribution is 2.31. The third-order valence-corrected chi connectivity index (χ3v) is 2.51. The zero-order valence-electron chi connectivity index (χ0n) is 10.1. The molecule has 1 aromatic rings. The molecule has 0 saturated heterocycles. The minimum atomic E-state index is -0.168. The predicted octanol–water partition coefficient (Wildman–Crippen LogP) is 3.69. The van der Waals surface area contributed by atoms with Gasteiger partial charge in [0.2, 0.25) is 0 Å². The van der Waals surface area contributed by atoms with E-state index in [9.17, 15) is 4.39 Å². The van der Waals surface area contributed by atoms with Crippen LogP contribution in [0.4, 0.5) is 4.39 Å². The highest BCUT2D eigenvalue weighted by atomic mass is 19.1. The summed E-state index contributed by atoms with van der Waals surface area (Å²) in [6, 6.07) is 3.38. The SMILES string of the molecule is CCc1cc(OC)cc(F)c1C(C)(C)C. The van der Waals surface area contributed by atoms with Crippen LogP contribution in [-0.2, 0) is 11.8 Å². The second-order valence-corrected chi connectivity index (χ2v) is 4.75. The number of benzene rings is 1. The normalized spacial score (nSPS) is 11.6. The van der Waals surface area contributed by atoms with Gasteiger partial charge < -0.3 is 4.74 Å². The Morgan fingerprint density at radius 1 is 1.27 bits per heavy atom. The van der Waals surface area contributed by atoms with Gasteiger partial charge in [0.25, 0.3) is 0 Å². The van der Waals surface area contributed by atoms with Gasteiger partial charge in [0.1, 0.15) is 11.6 Å². The van der Waals surface area contributed by atoms with Crippen molar-refractivity contribution in [1.82, 2.24) is 0 Å². The molecule has 15 heavy (non-hydrogen) atoms. The second-order valence-electron chi connectivity index (χ2n) is 4.75.